The molecule has 0 bridgehead atoms. The summed E-state index contributed by atoms with van der Waals surface area (Å²) < 4.78 is 5.34. The molecule has 0 radical (unpaired) electrons. The van der Waals surface area contributed by atoms with Crippen molar-refractivity contribution in [1.82, 2.24) is 0 Å². The third-order valence-electron chi connectivity index (χ3n) is 6.74. The van der Waals surface area contributed by atoms with Crippen LogP contribution in [0.15, 0.2) is 84.9 Å². The van der Waals surface area contributed by atoms with Gasteiger partial charge in [0.15, 0.2) is 0 Å². The molecule has 35 heavy (non-hydrogen) atoms. The van der Waals surface area contributed by atoms with Crippen molar-refractivity contribution in [3.8, 4) is 50.9 Å². The Bertz CT molecular complexity index is 1370. The van der Waals surface area contributed by atoms with Gasteiger partial charge in [-0.25, -0.2) is 0 Å². The zero-order chi connectivity index (χ0) is 24.2. The molecule has 4 aromatic carbocycles. The Morgan fingerprint density at radius 3 is 2.03 bits per heavy atom. The molecular weight excluding hydrogens is 432 g/mol. The maximum absolute atomic E-state index is 11.1. The molecule has 5 rings (SSSR count). The number of nitriles is 1. The largest absolute Gasteiger partial charge is 0.507 e. The average Bonchev–Trinajstić information content (AvgIpc) is 2.93. The van der Waals surface area contributed by atoms with Crippen LogP contribution in [-0.2, 0) is 0 Å². The third kappa shape index (κ3) is 4.34. The number of piperidine rings is 1. The Morgan fingerprint density at radius 2 is 1.43 bits per heavy atom. The highest BCUT2D eigenvalue weighted by Gasteiger charge is 2.26. The lowest BCUT2D eigenvalue weighted by atomic mass is 9.83. The Balaban J connectivity index is 1.91. The van der Waals surface area contributed by atoms with Crippen molar-refractivity contribution in [2.75, 3.05) is 25.1 Å². The quantitative estimate of drug-likeness (QED) is 0.340. The Labute approximate surface area is 206 Å². The van der Waals surface area contributed by atoms with E-state index in [-0.39, 0.29) is 5.75 Å². The summed E-state index contributed by atoms with van der Waals surface area (Å²) in [5.74, 6) is 0.661. The SMILES string of the molecule is COc1ccc(-c2c(C#N)c(N3CCCCC3)cc(-c3ccccc3)c2-c2ccccc2)c(O)c1. The zero-order valence-electron chi connectivity index (χ0n) is 19.9. The zero-order valence-corrected chi connectivity index (χ0v) is 19.9. The molecule has 4 nitrogen and oxygen atoms in total. The molecule has 0 amide bonds. The molecule has 174 valence electrons. The first-order chi connectivity index (χ1) is 17.2. The van der Waals surface area contributed by atoms with E-state index in [1.165, 1.54) is 6.42 Å². The highest BCUT2D eigenvalue weighted by Crippen LogP contribution is 2.48. The lowest BCUT2D eigenvalue weighted by Gasteiger charge is -2.32. The summed E-state index contributed by atoms with van der Waals surface area (Å²) in [6, 6.07) is 30.4. The number of benzene rings is 4. The van der Waals surface area contributed by atoms with Gasteiger partial charge in [0.05, 0.1) is 18.4 Å². The highest BCUT2D eigenvalue weighted by atomic mass is 16.5. The van der Waals surface area contributed by atoms with Gasteiger partial charge in [0.1, 0.15) is 17.6 Å². The van der Waals surface area contributed by atoms with Crippen LogP contribution < -0.4 is 9.64 Å². The van der Waals surface area contributed by atoms with E-state index in [4.69, 9.17) is 4.74 Å². The second-order valence-corrected chi connectivity index (χ2v) is 8.84. The summed E-state index contributed by atoms with van der Waals surface area (Å²) in [7, 11) is 1.58. The van der Waals surface area contributed by atoms with E-state index in [0.717, 1.165) is 59.4 Å². The second-order valence-electron chi connectivity index (χ2n) is 8.84. The minimum absolute atomic E-state index is 0.0906. The molecule has 1 aliphatic rings. The van der Waals surface area contributed by atoms with Gasteiger partial charge in [0.2, 0.25) is 0 Å². The molecule has 1 N–H and O–H groups in total. The van der Waals surface area contributed by atoms with Crippen molar-refractivity contribution in [2.45, 2.75) is 19.3 Å². The monoisotopic (exact) mass is 460 g/mol. The van der Waals surface area contributed by atoms with Crippen LogP contribution in [0.3, 0.4) is 0 Å². The van der Waals surface area contributed by atoms with Crippen LogP contribution in [-0.4, -0.2) is 25.3 Å². The topological polar surface area (TPSA) is 56.5 Å². The maximum atomic E-state index is 11.1. The summed E-state index contributed by atoms with van der Waals surface area (Å²) in [5.41, 5.74) is 6.94. The fourth-order valence-corrected chi connectivity index (χ4v) is 5.04. The molecule has 1 heterocycles. The van der Waals surface area contributed by atoms with E-state index < -0.39 is 0 Å². The summed E-state index contributed by atoms with van der Waals surface area (Å²) >= 11 is 0. The van der Waals surface area contributed by atoms with Gasteiger partial charge in [0.25, 0.3) is 0 Å². The fraction of sp³-hybridized carbons (Fsp3) is 0.194. The summed E-state index contributed by atoms with van der Waals surface area (Å²) in [6.45, 7) is 1.84. The van der Waals surface area contributed by atoms with Gasteiger partial charge in [-0.3, -0.25) is 0 Å². The maximum Gasteiger partial charge on any atom is 0.127 e. The molecule has 0 atom stereocenters. The highest BCUT2D eigenvalue weighted by molar-refractivity contribution is 6.01. The van der Waals surface area contributed by atoms with Crippen molar-refractivity contribution in [3.05, 3.63) is 90.5 Å². The van der Waals surface area contributed by atoms with Crippen molar-refractivity contribution >= 4 is 5.69 Å². The lowest BCUT2D eigenvalue weighted by molar-refractivity contribution is 0.408. The van der Waals surface area contributed by atoms with E-state index in [1.807, 2.05) is 48.5 Å². The molecule has 1 saturated heterocycles. The summed E-state index contributed by atoms with van der Waals surface area (Å²) in [5, 5.41) is 21.7. The van der Waals surface area contributed by atoms with E-state index in [9.17, 15) is 10.4 Å². The van der Waals surface area contributed by atoms with Crippen LogP contribution in [0.25, 0.3) is 33.4 Å². The van der Waals surface area contributed by atoms with E-state index in [2.05, 4.69) is 41.3 Å². The first-order valence-electron chi connectivity index (χ1n) is 12.1. The number of hydrogen-bond acceptors (Lipinski definition) is 4. The molecule has 0 unspecified atom stereocenters. The number of phenols is 1. The number of aromatic hydroxyl groups is 1. The van der Waals surface area contributed by atoms with Gasteiger partial charge < -0.3 is 14.7 Å². The van der Waals surface area contributed by atoms with Gasteiger partial charge in [-0.2, -0.15) is 5.26 Å². The normalized spacial score (nSPS) is 13.3. The molecular formula is C31H28N2O2. The van der Waals surface area contributed by atoms with Crippen LogP contribution >= 0.6 is 0 Å². The van der Waals surface area contributed by atoms with Gasteiger partial charge in [-0.05, 0) is 59.7 Å². The number of methoxy groups -OCH3 is 1. The fourth-order valence-electron chi connectivity index (χ4n) is 5.04. The minimum Gasteiger partial charge on any atom is -0.507 e. The number of rotatable bonds is 5. The number of hydrogen-bond donors (Lipinski definition) is 1. The van der Waals surface area contributed by atoms with Crippen LogP contribution in [0.4, 0.5) is 5.69 Å². The van der Waals surface area contributed by atoms with E-state index in [1.54, 1.807) is 13.2 Å². The van der Waals surface area contributed by atoms with Gasteiger partial charge in [0, 0.05) is 30.3 Å². The number of ether oxygens (including phenoxy) is 1. The Kier molecular flexibility index (Phi) is 6.41. The minimum atomic E-state index is 0.0906. The number of anilines is 1. The van der Waals surface area contributed by atoms with Crippen molar-refractivity contribution in [3.63, 3.8) is 0 Å². The number of nitrogens with zero attached hydrogens (tertiary/aromatic N) is 2. The Morgan fingerprint density at radius 1 is 0.771 bits per heavy atom. The lowest BCUT2D eigenvalue weighted by Crippen LogP contribution is -2.30. The summed E-state index contributed by atoms with van der Waals surface area (Å²) in [4.78, 5) is 2.33. The molecule has 1 aliphatic heterocycles. The predicted molar refractivity (Wildman–Crippen MR) is 142 cm³/mol. The summed E-state index contributed by atoms with van der Waals surface area (Å²) in [6.07, 6.45) is 3.42. The van der Waals surface area contributed by atoms with Crippen LogP contribution in [0.1, 0.15) is 24.8 Å². The molecule has 0 saturated carbocycles. The standard InChI is InChI=1S/C31H28N2O2/c1-35-24-15-16-25(29(34)19-24)31-27(21-32)28(33-17-9-4-10-18-33)20-26(22-11-5-2-6-12-22)30(31)23-13-7-3-8-14-23/h2-3,5-8,11-16,19-20,34H,4,9-10,17-18H2,1H3. The molecule has 1 fully saturated rings. The number of phenolic OH excluding ortho intramolecular Hbond substituents is 1. The van der Waals surface area contributed by atoms with Crippen molar-refractivity contribution in [1.29, 1.82) is 5.26 Å². The first-order valence-corrected chi connectivity index (χ1v) is 12.1. The molecule has 4 aromatic rings. The van der Waals surface area contributed by atoms with Crippen molar-refractivity contribution < 1.29 is 9.84 Å². The van der Waals surface area contributed by atoms with E-state index in [0.29, 0.717) is 16.9 Å². The van der Waals surface area contributed by atoms with Gasteiger partial charge in [-0.15, -0.1) is 0 Å². The first kappa shape index (κ1) is 22.6. The van der Waals surface area contributed by atoms with Crippen LogP contribution in [0.5, 0.6) is 11.5 Å². The molecule has 0 aliphatic carbocycles. The molecule has 0 aromatic heterocycles. The van der Waals surface area contributed by atoms with Gasteiger partial charge >= 0.3 is 0 Å². The third-order valence-corrected chi connectivity index (χ3v) is 6.74. The van der Waals surface area contributed by atoms with Crippen LogP contribution in [0, 0.1) is 11.3 Å². The van der Waals surface area contributed by atoms with Crippen molar-refractivity contribution in [2.24, 2.45) is 0 Å². The second kappa shape index (κ2) is 9.95. The Hall–Kier alpha value is -4.23. The van der Waals surface area contributed by atoms with Gasteiger partial charge in [-0.1, -0.05) is 60.7 Å². The average molecular weight is 461 g/mol. The predicted octanol–water partition coefficient (Wildman–Crippen LogP) is 7.26. The molecule has 4 heteroatoms. The molecule has 0 spiro atoms. The smallest absolute Gasteiger partial charge is 0.127 e. The van der Waals surface area contributed by atoms with E-state index >= 15 is 0 Å². The van der Waals surface area contributed by atoms with Crippen LogP contribution in [0.2, 0.25) is 0 Å².